The molecule has 0 radical (unpaired) electrons. The molecule has 0 aliphatic heterocycles. The zero-order chi connectivity index (χ0) is 11.3. The second kappa shape index (κ2) is 5.13. The fourth-order valence-corrected chi connectivity index (χ4v) is 1.05. The van der Waals surface area contributed by atoms with E-state index in [4.69, 9.17) is 10.4 Å². The molecule has 1 aromatic rings. The van der Waals surface area contributed by atoms with Crippen molar-refractivity contribution in [3.63, 3.8) is 0 Å². The second-order valence-electron chi connectivity index (χ2n) is 3.25. The van der Waals surface area contributed by atoms with E-state index in [-0.39, 0.29) is 18.6 Å². The molecular formula is C11H12N2O2. The van der Waals surface area contributed by atoms with Crippen LogP contribution in [0.5, 0.6) is 0 Å². The van der Waals surface area contributed by atoms with E-state index in [0.717, 1.165) is 0 Å². The summed E-state index contributed by atoms with van der Waals surface area (Å²) in [4.78, 5) is 11.5. The first kappa shape index (κ1) is 11.2. The Kier molecular flexibility index (Phi) is 3.83. The van der Waals surface area contributed by atoms with E-state index in [1.807, 2.05) is 6.07 Å². The molecule has 0 aliphatic rings. The van der Waals surface area contributed by atoms with Gasteiger partial charge in [-0.25, -0.2) is 0 Å². The normalized spacial score (nSPS) is 11.5. The van der Waals surface area contributed by atoms with Crippen molar-refractivity contribution in [2.45, 2.75) is 13.0 Å². The second-order valence-corrected chi connectivity index (χ2v) is 3.25. The van der Waals surface area contributed by atoms with Crippen molar-refractivity contribution < 1.29 is 9.90 Å². The van der Waals surface area contributed by atoms with Crippen LogP contribution in [0.3, 0.4) is 0 Å². The average molecular weight is 204 g/mol. The van der Waals surface area contributed by atoms with Crippen LogP contribution in [-0.2, 0) is 0 Å². The van der Waals surface area contributed by atoms with E-state index in [1.165, 1.54) is 0 Å². The van der Waals surface area contributed by atoms with Crippen molar-refractivity contribution in [3.8, 4) is 6.07 Å². The first-order chi connectivity index (χ1) is 7.17. The SMILES string of the molecule is C[C@H](CO)NC(=O)c1ccc(C#N)cc1. The van der Waals surface area contributed by atoms with Crippen LogP contribution in [-0.4, -0.2) is 23.7 Å². The van der Waals surface area contributed by atoms with Crippen LogP contribution in [0.2, 0.25) is 0 Å². The number of rotatable bonds is 3. The molecule has 4 heteroatoms. The quantitative estimate of drug-likeness (QED) is 0.760. The van der Waals surface area contributed by atoms with Gasteiger partial charge in [0.05, 0.1) is 18.2 Å². The van der Waals surface area contributed by atoms with Gasteiger partial charge in [-0.2, -0.15) is 5.26 Å². The zero-order valence-electron chi connectivity index (χ0n) is 8.40. The Bertz CT molecular complexity index is 379. The first-order valence-corrected chi connectivity index (χ1v) is 4.59. The molecule has 0 fully saturated rings. The summed E-state index contributed by atoms with van der Waals surface area (Å²) in [7, 11) is 0. The van der Waals surface area contributed by atoms with Crippen LogP contribution in [0.15, 0.2) is 24.3 Å². The number of hydrogen-bond acceptors (Lipinski definition) is 3. The van der Waals surface area contributed by atoms with Crippen LogP contribution in [0.4, 0.5) is 0 Å². The molecule has 1 aromatic carbocycles. The Morgan fingerprint density at radius 1 is 1.53 bits per heavy atom. The molecule has 0 unspecified atom stereocenters. The van der Waals surface area contributed by atoms with Crippen molar-refractivity contribution in [1.82, 2.24) is 5.32 Å². The topological polar surface area (TPSA) is 73.1 Å². The lowest BCUT2D eigenvalue weighted by Gasteiger charge is -2.10. The first-order valence-electron chi connectivity index (χ1n) is 4.59. The van der Waals surface area contributed by atoms with Gasteiger partial charge in [0.1, 0.15) is 0 Å². The molecule has 0 spiro atoms. The Hall–Kier alpha value is -1.86. The summed E-state index contributed by atoms with van der Waals surface area (Å²) in [5, 5.41) is 19.9. The summed E-state index contributed by atoms with van der Waals surface area (Å²) in [6.45, 7) is 1.61. The van der Waals surface area contributed by atoms with Gasteiger partial charge in [-0.15, -0.1) is 0 Å². The van der Waals surface area contributed by atoms with E-state index in [0.29, 0.717) is 11.1 Å². The Balaban J connectivity index is 2.71. The highest BCUT2D eigenvalue weighted by molar-refractivity contribution is 5.94. The summed E-state index contributed by atoms with van der Waals surface area (Å²) in [5.74, 6) is -0.249. The minimum absolute atomic E-state index is 0.0952. The van der Waals surface area contributed by atoms with Gasteiger partial charge < -0.3 is 10.4 Å². The van der Waals surface area contributed by atoms with Gasteiger partial charge in [0.15, 0.2) is 0 Å². The Morgan fingerprint density at radius 3 is 2.60 bits per heavy atom. The minimum atomic E-state index is -0.270. The number of nitrogens with one attached hydrogen (secondary N) is 1. The number of aliphatic hydroxyl groups is 1. The molecule has 0 aliphatic carbocycles. The highest BCUT2D eigenvalue weighted by Crippen LogP contribution is 2.03. The number of benzene rings is 1. The monoisotopic (exact) mass is 204 g/mol. The maximum atomic E-state index is 11.5. The molecule has 0 saturated carbocycles. The van der Waals surface area contributed by atoms with Crippen LogP contribution >= 0.6 is 0 Å². The van der Waals surface area contributed by atoms with Crippen LogP contribution in [0.1, 0.15) is 22.8 Å². The molecule has 1 amide bonds. The third-order valence-electron chi connectivity index (χ3n) is 1.93. The molecule has 0 heterocycles. The molecule has 78 valence electrons. The lowest BCUT2D eigenvalue weighted by molar-refractivity contribution is 0.0922. The molecule has 15 heavy (non-hydrogen) atoms. The van der Waals surface area contributed by atoms with E-state index >= 15 is 0 Å². The van der Waals surface area contributed by atoms with E-state index in [1.54, 1.807) is 31.2 Å². The smallest absolute Gasteiger partial charge is 0.251 e. The number of aliphatic hydroxyl groups excluding tert-OH is 1. The molecule has 0 aromatic heterocycles. The molecule has 0 saturated heterocycles. The summed E-state index contributed by atoms with van der Waals surface area (Å²) in [6.07, 6.45) is 0. The van der Waals surface area contributed by atoms with Gasteiger partial charge >= 0.3 is 0 Å². The van der Waals surface area contributed by atoms with Crippen molar-refractivity contribution in [2.75, 3.05) is 6.61 Å². The van der Waals surface area contributed by atoms with Crippen LogP contribution in [0, 0.1) is 11.3 Å². The molecule has 4 nitrogen and oxygen atoms in total. The Labute approximate surface area is 88.2 Å². The Morgan fingerprint density at radius 2 is 2.13 bits per heavy atom. The fourth-order valence-electron chi connectivity index (χ4n) is 1.05. The van der Waals surface area contributed by atoms with Gasteiger partial charge in [-0.1, -0.05) is 0 Å². The number of nitrogens with zero attached hydrogens (tertiary/aromatic N) is 1. The summed E-state index contributed by atoms with van der Waals surface area (Å²) in [5.41, 5.74) is 0.996. The zero-order valence-corrected chi connectivity index (χ0v) is 8.40. The number of carbonyl (C=O) groups excluding carboxylic acids is 1. The molecule has 1 rings (SSSR count). The van der Waals surface area contributed by atoms with Gasteiger partial charge in [-0.3, -0.25) is 4.79 Å². The van der Waals surface area contributed by atoms with Crippen molar-refractivity contribution >= 4 is 5.91 Å². The third kappa shape index (κ3) is 3.08. The summed E-state index contributed by atoms with van der Waals surface area (Å²) in [6, 6.07) is 8.03. The lowest BCUT2D eigenvalue weighted by Crippen LogP contribution is -2.34. The summed E-state index contributed by atoms with van der Waals surface area (Å²) >= 11 is 0. The lowest BCUT2D eigenvalue weighted by atomic mass is 10.1. The summed E-state index contributed by atoms with van der Waals surface area (Å²) < 4.78 is 0. The standard InChI is InChI=1S/C11H12N2O2/c1-8(7-14)13-11(15)10-4-2-9(6-12)3-5-10/h2-5,8,14H,7H2,1H3,(H,13,15)/t8-/m1/s1. The largest absolute Gasteiger partial charge is 0.394 e. The molecule has 2 N–H and O–H groups in total. The van der Waals surface area contributed by atoms with E-state index in [2.05, 4.69) is 5.32 Å². The highest BCUT2D eigenvalue weighted by Gasteiger charge is 2.08. The fraction of sp³-hybridized carbons (Fsp3) is 0.273. The van der Waals surface area contributed by atoms with Gasteiger partial charge in [0.25, 0.3) is 5.91 Å². The average Bonchev–Trinajstić information content (AvgIpc) is 2.29. The van der Waals surface area contributed by atoms with Gasteiger partial charge in [-0.05, 0) is 31.2 Å². The predicted molar refractivity (Wildman–Crippen MR) is 55.2 cm³/mol. The van der Waals surface area contributed by atoms with Crippen molar-refractivity contribution in [1.29, 1.82) is 5.26 Å². The molecular weight excluding hydrogens is 192 g/mol. The maximum absolute atomic E-state index is 11.5. The van der Waals surface area contributed by atoms with E-state index < -0.39 is 0 Å². The highest BCUT2D eigenvalue weighted by atomic mass is 16.3. The van der Waals surface area contributed by atoms with Crippen LogP contribution < -0.4 is 5.32 Å². The van der Waals surface area contributed by atoms with E-state index in [9.17, 15) is 4.79 Å². The maximum Gasteiger partial charge on any atom is 0.251 e. The predicted octanol–water partition coefficient (Wildman–Crippen LogP) is 0.669. The molecule has 1 atom stereocenters. The van der Waals surface area contributed by atoms with Crippen molar-refractivity contribution in [2.24, 2.45) is 0 Å². The number of carbonyl (C=O) groups is 1. The van der Waals surface area contributed by atoms with Gasteiger partial charge in [0.2, 0.25) is 0 Å². The number of amides is 1. The third-order valence-corrected chi connectivity index (χ3v) is 1.93. The number of nitriles is 1. The number of hydrogen-bond donors (Lipinski definition) is 2. The van der Waals surface area contributed by atoms with Crippen LogP contribution in [0.25, 0.3) is 0 Å². The minimum Gasteiger partial charge on any atom is -0.394 e. The van der Waals surface area contributed by atoms with Crippen molar-refractivity contribution in [3.05, 3.63) is 35.4 Å². The molecule has 0 bridgehead atoms. The van der Waals surface area contributed by atoms with Gasteiger partial charge in [0, 0.05) is 11.6 Å².